The number of thioether (sulfide) groups is 1. The average Bonchev–Trinajstić information content (AvgIpc) is 3.54. The molecular formula is C30H43N5O7SSi. The molecule has 44 heavy (non-hydrogen) atoms. The topological polar surface area (TPSA) is 169 Å². The highest BCUT2D eigenvalue weighted by molar-refractivity contribution is 8.13. The Labute approximate surface area is 263 Å². The monoisotopic (exact) mass is 645 g/mol. The van der Waals surface area contributed by atoms with Crippen molar-refractivity contribution >= 4 is 48.8 Å². The van der Waals surface area contributed by atoms with E-state index in [1.54, 1.807) is 0 Å². The quantitative estimate of drug-likeness (QED) is 0.0455. The zero-order valence-electron chi connectivity index (χ0n) is 26.0. The predicted molar refractivity (Wildman–Crippen MR) is 171 cm³/mol. The molecule has 2 saturated heterocycles. The van der Waals surface area contributed by atoms with Gasteiger partial charge in [0, 0.05) is 36.4 Å². The number of amidine groups is 1. The maximum Gasteiger partial charge on any atom is 0.362 e. The second-order valence-corrected chi connectivity index (χ2v) is 17.7. The third kappa shape index (κ3) is 6.63. The molecule has 1 aromatic carbocycles. The summed E-state index contributed by atoms with van der Waals surface area (Å²) < 4.78 is 12.0. The number of fused-ring (bicyclic) bond motifs is 1. The lowest BCUT2D eigenvalue weighted by molar-refractivity contribution is -0.384. The molecule has 3 aliphatic heterocycles. The number of non-ortho nitro benzene ring substituents is 1. The van der Waals surface area contributed by atoms with E-state index in [1.807, 2.05) is 13.8 Å². The molecule has 1 amide bonds. The molecular weight excluding hydrogens is 603 g/mol. The van der Waals surface area contributed by atoms with E-state index < -0.39 is 31.1 Å². The smallest absolute Gasteiger partial charge is 0.362 e. The first kappa shape index (κ1) is 33.8. The molecule has 0 spiro atoms. The molecule has 3 N–H and O–H groups in total. The summed E-state index contributed by atoms with van der Waals surface area (Å²) in [6, 6.07) is 7.52. The normalized spacial score (nSPS) is 24.2. The Kier molecular flexibility index (Phi) is 10.7. The summed E-state index contributed by atoms with van der Waals surface area (Å²) in [6.45, 7) is 11.6. The predicted octanol–water partition coefficient (Wildman–Crippen LogP) is 4.51. The van der Waals surface area contributed by atoms with E-state index >= 15 is 0 Å². The van der Waals surface area contributed by atoms with Gasteiger partial charge < -0.3 is 19.8 Å². The number of nitrogens with zero attached hydrogens (tertiary/aromatic N) is 3. The van der Waals surface area contributed by atoms with Crippen molar-refractivity contribution in [3.8, 4) is 0 Å². The van der Waals surface area contributed by atoms with Crippen molar-refractivity contribution in [1.82, 2.24) is 9.80 Å². The summed E-state index contributed by atoms with van der Waals surface area (Å²) in [5.41, 5.74) is 6.23. The number of β-lactam (4-membered cyclic amide) rings is 1. The number of nitro groups is 1. The number of benzene rings is 1. The minimum absolute atomic E-state index is 0.00982. The van der Waals surface area contributed by atoms with Crippen LogP contribution >= 0.6 is 11.8 Å². The van der Waals surface area contributed by atoms with Crippen LogP contribution in [-0.4, -0.2) is 83.1 Å². The third-order valence-corrected chi connectivity index (χ3v) is 15.3. The molecule has 12 nitrogen and oxygen atoms in total. The number of ether oxygens (including phenoxy) is 1. The van der Waals surface area contributed by atoms with Gasteiger partial charge in [-0.2, -0.15) is 0 Å². The Hall–Kier alpha value is -3.07. The number of nitrogens with two attached hydrogens (primary N) is 1. The second-order valence-electron chi connectivity index (χ2n) is 11.9. The van der Waals surface area contributed by atoms with Crippen molar-refractivity contribution < 1.29 is 28.5 Å². The summed E-state index contributed by atoms with van der Waals surface area (Å²) in [6.07, 6.45) is 1.57. The Morgan fingerprint density at radius 3 is 2.39 bits per heavy atom. The van der Waals surface area contributed by atoms with Crippen LogP contribution in [0.25, 0.3) is 0 Å². The average molecular weight is 646 g/mol. The van der Waals surface area contributed by atoms with Crippen LogP contribution in [0.5, 0.6) is 0 Å². The van der Waals surface area contributed by atoms with Gasteiger partial charge in [-0.05, 0) is 62.1 Å². The Bertz CT molecular complexity index is 1330. The fourth-order valence-corrected chi connectivity index (χ4v) is 10.6. The number of amides is 1. The number of carbonyl (C=O) groups is 3. The first-order valence-corrected chi connectivity index (χ1v) is 18.8. The molecule has 0 aromatic heterocycles. The minimum Gasteiger partial charge on any atom is -0.413 e. The van der Waals surface area contributed by atoms with Gasteiger partial charge in [-0.3, -0.25) is 25.2 Å². The van der Waals surface area contributed by atoms with Crippen molar-refractivity contribution in [2.75, 3.05) is 18.8 Å². The number of hydrogen-bond acceptors (Lipinski definition) is 10. The molecule has 4 rings (SSSR count). The molecule has 2 fully saturated rings. The van der Waals surface area contributed by atoms with Gasteiger partial charge >= 0.3 is 11.9 Å². The molecule has 0 unspecified atom stereocenters. The second kappa shape index (κ2) is 13.9. The Morgan fingerprint density at radius 2 is 1.82 bits per heavy atom. The van der Waals surface area contributed by atoms with Gasteiger partial charge in [-0.15, -0.1) is 0 Å². The van der Waals surface area contributed by atoms with Crippen LogP contribution in [0.4, 0.5) is 5.69 Å². The van der Waals surface area contributed by atoms with Crippen molar-refractivity contribution in [2.45, 2.75) is 83.8 Å². The first-order valence-electron chi connectivity index (χ1n) is 15.3. The molecule has 0 bridgehead atoms. The molecule has 0 aliphatic carbocycles. The van der Waals surface area contributed by atoms with Crippen molar-refractivity contribution in [3.05, 3.63) is 51.2 Å². The van der Waals surface area contributed by atoms with Crippen LogP contribution < -0.4 is 5.73 Å². The maximum absolute atomic E-state index is 13.8. The Balaban J connectivity index is 1.62. The van der Waals surface area contributed by atoms with Gasteiger partial charge in [0.2, 0.25) is 5.91 Å². The summed E-state index contributed by atoms with van der Waals surface area (Å²) in [4.78, 5) is 54.6. The summed E-state index contributed by atoms with van der Waals surface area (Å²) in [5.74, 6) is -2.03. The standard InChI is InChI=1S/C30H43N5O7SSi/c1-6-44(7-2,8-3)42-19(5)24-25-18(4)23(16-33-15-9-10-22(33)17-43-30(31)32)26(34(25)27(24)36)29(38)41-28(37)20-11-13-21(14-12-20)35(39)40/h11-14,18-19,22,24-25H,6-10,15-17H2,1-5H3,(H3,31,32)/t18-,19+,22-,24+,25+/m0/s1. The van der Waals surface area contributed by atoms with Crippen LogP contribution in [0.3, 0.4) is 0 Å². The SMILES string of the molecule is CC[Si](CC)(CC)O[C@H](C)[C@H]1C(=O)N2C(C(=O)OC(=O)c3ccc([N+](=O)[O-])cc3)=C(CN3CCC[C@H]3CSC(=N)N)[C@H](C)[C@H]12. The van der Waals surface area contributed by atoms with E-state index in [9.17, 15) is 24.5 Å². The minimum atomic E-state index is -2.01. The number of nitrogens with one attached hydrogen (secondary N) is 1. The van der Waals surface area contributed by atoms with Crippen molar-refractivity contribution in [3.63, 3.8) is 0 Å². The highest BCUT2D eigenvalue weighted by atomic mass is 32.2. The van der Waals surface area contributed by atoms with Crippen LogP contribution in [0.2, 0.25) is 18.1 Å². The first-order chi connectivity index (χ1) is 20.9. The molecule has 0 radical (unpaired) electrons. The van der Waals surface area contributed by atoms with Crippen LogP contribution in [0.15, 0.2) is 35.5 Å². The summed E-state index contributed by atoms with van der Waals surface area (Å²) >= 11 is 1.28. The lowest BCUT2D eigenvalue weighted by Crippen LogP contribution is -2.65. The van der Waals surface area contributed by atoms with Gasteiger partial charge in [0.1, 0.15) is 5.70 Å². The fraction of sp³-hybridized carbons (Fsp3) is 0.600. The van der Waals surface area contributed by atoms with Crippen LogP contribution in [0.1, 0.15) is 57.8 Å². The van der Waals surface area contributed by atoms with Crippen molar-refractivity contribution in [2.24, 2.45) is 17.6 Å². The maximum atomic E-state index is 13.8. The fourth-order valence-electron chi connectivity index (χ4n) is 6.90. The van der Waals surface area contributed by atoms with E-state index in [-0.39, 0.29) is 52.1 Å². The number of carbonyl (C=O) groups excluding carboxylic acids is 3. The van der Waals surface area contributed by atoms with E-state index in [0.717, 1.165) is 43.1 Å². The molecule has 14 heteroatoms. The zero-order chi connectivity index (χ0) is 32.3. The number of rotatable bonds is 13. The number of hydrogen-bond donors (Lipinski definition) is 2. The molecule has 5 atom stereocenters. The van der Waals surface area contributed by atoms with E-state index in [4.69, 9.17) is 20.3 Å². The molecule has 1 aromatic rings. The van der Waals surface area contributed by atoms with Gasteiger partial charge in [-0.25, -0.2) is 9.59 Å². The highest BCUT2D eigenvalue weighted by Gasteiger charge is 2.61. The largest absolute Gasteiger partial charge is 0.413 e. The highest BCUT2D eigenvalue weighted by Crippen LogP contribution is 2.49. The van der Waals surface area contributed by atoms with Gasteiger partial charge in [0.05, 0.1) is 28.6 Å². The van der Waals surface area contributed by atoms with Crippen LogP contribution in [-0.2, 0) is 18.8 Å². The summed E-state index contributed by atoms with van der Waals surface area (Å²) in [5, 5.41) is 18.7. The third-order valence-electron chi connectivity index (χ3n) is 9.67. The van der Waals surface area contributed by atoms with E-state index in [2.05, 4.69) is 25.7 Å². The Morgan fingerprint density at radius 1 is 1.18 bits per heavy atom. The number of esters is 2. The molecule has 3 aliphatic rings. The molecule has 240 valence electrons. The van der Waals surface area contributed by atoms with Gasteiger partial charge in [0.25, 0.3) is 5.69 Å². The lowest BCUT2D eigenvalue weighted by atomic mass is 9.77. The van der Waals surface area contributed by atoms with Crippen molar-refractivity contribution in [1.29, 1.82) is 5.41 Å². The van der Waals surface area contributed by atoms with Crippen LogP contribution in [0, 0.1) is 27.4 Å². The summed E-state index contributed by atoms with van der Waals surface area (Å²) in [7, 11) is -2.01. The molecule has 3 heterocycles. The van der Waals surface area contributed by atoms with E-state index in [0.29, 0.717) is 12.3 Å². The number of nitro benzene ring substituents is 1. The number of likely N-dealkylation sites (tertiary alicyclic amines) is 1. The zero-order valence-corrected chi connectivity index (χ0v) is 27.9. The van der Waals surface area contributed by atoms with Gasteiger partial charge in [0.15, 0.2) is 13.5 Å². The molecule has 0 saturated carbocycles. The van der Waals surface area contributed by atoms with Gasteiger partial charge in [-0.1, -0.05) is 39.5 Å². The van der Waals surface area contributed by atoms with E-state index in [1.165, 1.54) is 40.9 Å². The lowest BCUT2D eigenvalue weighted by Gasteiger charge is -2.49.